The van der Waals surface area contributed by atoms with Crippen LogP contribution in [0.4, 0.5) is 0 Å². The van der Waals surface area contributed by atoms with Gasteiger partial charge in [0, 0.05) is 0 Å². The van der Waals surface area contributed by atoms with Crippen molar-refractivity contribution in [2.45, 2.75) is 12.2 Å². The molecule has 0 saturated carbocycles. The van der Waals surface area contributed by atoms with Crippen molar-refractivity contribution in [3.8, 4) is 0 Å². The Hall–Kier alpha value is -0.430. The maximum Gasteiger partial charge on any atom is 0.126 e. The van der Waals surface area contributed by atoms with Crippen molar-refractivity contribution in [3.63, 3.8) is 0 Å². The molecular formula is C12H24ClNO4. The highest BCUT2D eigenvalue weighted by Gasteiger charge is 2.30. The van der Waals surface area contributed by atoms with Gasteiger partial charge in [0.2, 0.25) is 0 Å². The zero-order valence-electron chi connectivity index (χ0n) is 10.6. The molecule has 5 nitrogen and oxygen atoms in total. The van der Waals surface area contributed by atoms with Crippen LogP contribution >= 0.6 is 0 Å². The quantitative estimate of drug-likeness (QED) is 0.242. The van der Waals surface area contributed by atoms with Crippen LogP contribution in [0, 0.1) is 0 Å². The molecule has 0 aliphatic heterocycles. The summed E-state index contributed by atoms with van der Waals surface area (Å²) in [5.41, 5.74) is 0. The van der Waals surface area contributed by atoms with E-state index in [2.05, 4.69) is 13.2 Å². The predicted octanol–water partition coefficient (Wildman–Crippen LogP) is -4.11. The van der Waals surface area contributed by atoms with Crippen LogP contribution in [-0.2, 0) is 0 Å². The van der Waals surface area contributed by atoms with Crippen molar-refractivity contribution in [2.75, 3.05) is 39.4 Å². The number of halogens is 1. The summed E-state index contributed by atoms with van der Waals surface area (Å²) in [4.78, 5) is 0. The van der Waals surface area contributed by atoms with E-state index in [1.54, 1.807) is 12.2 Å². The summed E-state index contributed by atoms with van der Waals surface area (Å²) in [5, 5.41) is 36.9. The van der Waals surface area contributed by atoms with Crippen LogP contribution in [0.5, 0.6) is 0 Å². The molecule has 0 spiro atoms. The Morgan fingerprint density at radius 3 is 1.44 bits per heavy atom. The van der Waals surface area contributed by atoms with Crippen molar-refractivity contribution in [2.24, 2.45) is 0 Å². The Kier molecular flexibility index (Phi) is 11.6. The first-order chi connectivity index (χ1) is 8.03. The van der Waals surface area contributed by atoms with Crippen LogP contribution in [0.25, 0.3) is 0 Å². The van der Waals surface area contributed by atoms with Gasteiger partial charge in [-0.15, -0.1) is 0 Å². The predicted molar refractivity (Wildman–Crippen MR) is 66.3 cm³/mol. The third-order valence-electron chi connectivity index (χ3n) is 2.65. The highest BCUT2D eigenvalue weighted by Crippen LogP contribution is 2.11. The number of rotatable bonds is 10. The third kappa shape index (κ3) is 7.10. The maximum atomic E-state index is 9.55. The molecule has 2 unspecified atom stereocenters. The average Bonchev–Trinajstić information content (AvgIpc) is 2.29. The van der Waals surface area contributed by atoms with E-state index in [1.165, 1.54) is 0 Å². The van der Waals surface area contributed by atoms with Crippen molar-refractivity contribution in [1.29, 1.82) is 0 Å². The molecule has 0 saturated heterocycles. The number of aliphatic hydroxyl groups is 4. The van der Waals surface area contributed by atoms with Crippen molar-refractivity contribution in [1.82, 2.24) is 0 Å². The molecule has 0 aromatic carbocycles. The Balaban J connectivity index is 0. The standard InChI is InChI=1S/C12H24NO4.ClH/c1-3-5-13(6-4-2,7-11(16)9-14)8-12(17)10-15;/h3-4,11-12,14-17H,1-2,5-10H2;1H/q+1;/p-1. The van der Waals surface area contributed by atoms with E-state index in [1.807, 2.05) is 0 Å². The normalized spacial score (nSPS) is 14.4. The first-order valence-electron chi connectivity index (χ1n) is 5.68. The molecule has 0 radical (unpaired) electrons. The molecule has 0 amide bonds. The van der Waals surface area contributed by atoms with Crippen LogP contribution < -0.4 is 12.4 Å². The molecule has 0 aliphatic rings. The Bertz CT molecular complexity index is 214. The van der Waals surface area contributed by atoms with Gasteiger partial charge in [-0.05, 0) is 12.2 Å². The van der Waals surface area contributed by atoms with E-state index in [4.69, 9.17) is 10.2 Å². The number of aliphatic hydroxyl groups excluding tert-OH is 4. The van der Waals surface area contributed by atoms with E-state index >= 15 is 0 Å². The zero-order valence-corrected chi connectivity index (χ0v) is 11.3. The molecular weight excluding hydrogens is 258 g/mol. The second-order valence-corrected chi connectivity index (χ2v) is 4.32. The Morgan fingerprint density at radius 1 is 0.889 bits per heavy atom. The van der Waals surface area contributed by atoms with Gasteiger partial charge in [-0.25, -0.2) is 0 Å². The Morgan fingerprint density at radius 2 is 1.22 bits per heavy atom. The van der Waals surface area contributed by atoms with Crippen LogP contribution in [0.1, 0.15) is 0 Å². The van der Waals surface area contributed by atoms with Gasteiger partial charge in [0.15, 0.2) is 0 Å². The van der Waals surface area contributed by atoms with Crippen LogP contribution in [0.15, 0.2) is 25.3 Å². The van der Waals surface area contributed by atoms with Crippen LogP contribution in [0.3, 0.4) is 0 Å². The summed E-state index contributed by atoms with van der Waals surface area (Å²) in [5.74, 6) is 0. The van der Waals surface area contributed by atoms with Crippen molar-refractivity contribution < 1.29 is 37.3 Å². The third-order valence-corrected chi connectivity index (χ3v) is 2.65. The van der Waals surface area contributed by atoms with Crippen molar-refractivity contribution in [3.05, 3.63) is 25.3 Å². The van der Waals surface area contributed by atoms with Gasteiger partial charge in [-0.3, -0.25) is 0 Å². The molecule has 6 heteroatoms. The molecule has 2 atom stereocenters. The lowest BCUT2D eigenvalue weighted by molar-refractivity contribution is -0.923. The molecule has 4 N–H and O–H groups in total. The van der Waals surface area contributed by atoms with E-state index < -0.39 is 12.2 Å². The smallest absolute Gasteiger partial charge is 0.126 e. The average molecular weight is 282 g/mol. The summed E-state index contributed by atoms with van der Waals surface area (Å²) in [6.45, 7) is 8.27. The molecule has 0 rings (SSSR count). The fraction of sp³-hybridized carbons (Fsp3) is 0.667. The van der Waals surface area contributed by atoms with Gasteiger partial charge >= 0.3 is 0 Å². The zero-order chi connectivity index (χ0) is 13.3. The second kappa shape index (κ2) is 10.5. The molecule has 0 aromatic rings. The molecule has 0 aromatic heterocycles. The molecule has 18 heavy (non-hydrogen) atoms. The van der Waals surface area contributed by atoms with Gasteiger partial charge in [0.1, 0.15) is 25.3 Å². The lowest BCUT2D eigenvalue weighted by Crippen LogP contribution is -3.00. The van der Waals surface area contributed by atoms with Gasteiger partial charge in [0.25, 0.3) is 0 Å². The Labute approximate surface area is 115 Å². The summed E-state index contributed by atoms with van der Waals surface area (Å²) in [6, 6.07) is 0. The fourth-order valence-electron chi connectivity index (χ4n) is 2.00. The highest BCUT2D eigenvalue weighted by molar-refractivity contribution is 4.74. The number of hydrogen-bond donors (Lipinski definition) is 4. The summed E-state index contributed by atoms with van der Waals surface area (Å²) in [6.07, 6.45) is 1.66. The molecule has 0 fully saturated rings. The maximum absolute atomic E-state index is 9.55. The van der Waals surface area contributed by atoms with Gasteiger partial charge in [-0.1, -0.05) is 13.2 Å². The monoisotopic (exact) mass is 281 g/mol. The van der Waals surface area contributed by atoms with Crippen LogP contribution in [-0.4, -0.2) is 76.5 Å². The summed E-state index contributed by atoms with van der Waals surface area (Å²) < 4.78 is 0.316. The largest absolute Gasteiger partial charge is 1.00 e. The van der Waals surface area contributed by atoms with E-state index in [0.29, 0.717) is 17.6 Å². The van der Waals surface area contributed by atoms with Crippen molar-refractivity contribution >= 4 is 0 Å². The highest BCUT2D eigenvalue weighted by atomic mass is 35.5. The molecule has 0 heterocycles. The second-order valence-electron chi connectivity index (χ2n) is 4.32. The lowest BCUT2D eigenvalue weighted by atomic mass is 10.2. The number of nitrogens with zero attached hydrogens (tertiary/aromatic N) is 1. The minimum absolute atomic E-state index is 0. The van der Waals surface area contributed by atoms with Gasteiger partial charge in [0.05, 0.1) is 26.3 Å². The first kappa shape index (κ1) is 19.9. The van der Waals surface area contributed by atoms with Gasteiger partial charge in [-0.2, -0.15) is 0 Å². The first-order valence-corrected chi connectivity index (χ1v) is 5.68. The summed E-state index contributed by atoms with van der Waals surface area (Å²) >= 11 is 0. The van der Waals surface area contributed by atoms with E-state index in [0.717, 1.165) is 0 Å². The minimum Gasteiger partial charge on any atom is -1.00 e. The SMILES string of the molecule is C=CC[N+](CC=C)(CC(O)CO)CC(O)CO.[Cl-]. The van der Waals surface area contributed by atoms with E-state index in [9.17, 15) is 10.2 Å². The summed E-state index contributed by atoms with van der Waals surface area (Å²) in [7, 11) is 0. The van der Waals surface area contributed by atoms with E-state index in [-0.39, 0.29) is 38.7 Å². The van der Waals surface area contributed by atoms with Gasteiger partial charge < -0.3 is 37.3 Å². The molecule has 108 valence electrons. The fourth-order valence-corrected chi connectivity index (χ4v) is 2.00. The molecule has 0 bridgehead atoms. The lowest BCUT2D eigenvalue weighted by Gasteiger charge is -2.39. The minimum atomic E-state index is -0.860. The number of hydrogen-bond acceptors (Lipinski definition) is 4. The van der Waals surface area contributed by atoms with Crippen LogP contribution in [0.2, 0.25) is 0 Å². The number of quaternary nitrogens is 1. The topological polar surface area (TPSA) is 80.9 Å². The molecule has 0 aliphatic carbocycles.